The van der Waals surface area contributed by atoms with Crippen molar-refractivity contribution in [2.45, 2.75) is 0 Å². The van der Waals surface area contributed by atoms with Gasteiger partial charge in [0, 0.05) is 26.2 Å². The highest BCUT2D eigenvalue weighted by Crippen LogP contribution is 2.32. The normalized spacial score (nSPS) is 15.1. The Balaban J connectivity index is 1.51. The van der Waals surface area contributed by atoms with Crippen LogP contribution in [0.4, 0.5) is 10.8 Å². The summed E-state index contributed by atoms with van der Waals surface area (Å²) in [5.41, 5.74) is 1.19. The third kappa shape index (κ3) is 2.46. The molecule has 1 aliphatic rings. The average molecular weight is 347 g/mol. The predicted molar refractivity (Wildman–Crippen MR) is 87.0 cm³/mol. The molecular formula is C13H11ClN8S. The van der Waals surface area contributed by atoms with Gasteiger partial charge in [0.1, 0.15) is 28.8 Å². The molecule has 4 rings (SSSR count). The molecule has 0 saturated carbocycles. The first-order valence-corrected chi connectivity index (χ1v) is 8.13. The van der Waals surface area contributed by atoms with Crippen molar-refractivity contribution < 1.29 is 0 Å². The second-order valence-corrected chi connectivity index (χ2v) is 6.17. The Labute approximate surface area is 140 Å². The van der Waals surface area contributed by atoms with E-state index in [-0.39, 0.29) is 5.15 Å². The zero-order chi connectivity index (χ0) is 15.8. The number of rotatable bonds is 2. The Hall–Kier alpha value is -2.44. The summed E-state index contributed by atoms with van der Waals surface area (Å²) in [6, 6.07) is 5.98. The topological polar surface area (TPSA) is 86.2 Å². The van der Waals surface area contributed by atoms with Gasteiger partial charge in [-0.3, -0.25) is 0 Å². The predicted octanol–water partition coefficient (Wildman–Crippen LogP) is 1.43. The zero-order valence-electron chi connectivity index (χ0n) is 11.9. The number of anilines is 2. The summed E-state index contributed by atoms with van der Waals surface area (Å²) in [4.78, 5) is 4.35. The van der Waals surface area contributed by atoms with E-state index in [0.717, 1.165) is 42.6 Å². The van der Waals surface area contributed by atoms with Crippen LogP contribution in [0, 0.1) is 11.3 Å². The van der Waals surface area contributed by atoms with Crippen LogP contribution in [-0.4, -0.2) is 50.4 Å². The van der Waals surface area contributed by atoms with E-state index in [1.165, 1.54) is 11.5 Å². The lowest BCUT2D eigenvalue weighted by Gasteiger charge is -2.35. The minimum absolute atomic E-state index is 0.287. The molecule has 0 atom stereocenters. The quantitative estimate of drug-likeness (QED) is 0.693. The highest BCUT2D eigenvalue weighted by atomic mass is 35.5. The molecule has 10 heteroatoms. The van der Waals surface area contributed by atoms with Crippen molar-refractivity contribution in [3.8, 4) is 6.07 Å². The Morgan fingerprint density at radius 2 is 1.96 bits per heavy atom. The second kappa shape index (κ2) is 5.64. The molecule has 0 aromatic carbocycles. The number of nitrogens with zero attached hydrogens (tertiary/aromatic N) is 8. The molecule has 0 aliphatic carbocycles. The fourth-order valence-electron chi connectivity index (χ4n) is 2.60. The molecule has 3 aromatic heterocycles. The van der Waals surface area contributed by atoms with E-state index >= 15 is 0 Å². The summed E-state index contributed by atoms with van der Waals surface area (Å²) in [6.45, 7) is 3.19. The van der Waals surface area contributed by atoms with Gasteiger partial charge >= 0.3 is 0 Å². The Kier molecular flexibility index (Phi) is 3.48. The second-order valence-electron chi connectivity index (χ2n) is 5.06. The van der Waals surface area contributed by atoms with Crippen LogP contribution in [0.15, 0.2) is 18.5 Å². The standard InChI is InChI=1S/C13H11ClN8S/c14-12-9(7-15)13(23-19-12)21-5-3-20(4-6-21)11-2-1-10-17-16-8-22(10)18-11/h1-2,8H,3-6H2. The SMILES string of the molecule is N#Cc1c(Cl)nsc1N1CCN(c2ccc3nncn3n2)CC1. The number of nitriles is 1. The number of fused-ring (bicyclic) bond motifs is 1. The maximum Gasteiger partial charge on any atom is 0.177 e. The van der Waals surface area contributed by atoms with Crippen molar-refractivity contribution >= 4 is 39.6 Å². The van der Waals surface area contributed by atoms with E-state index in [1.54, 1.807) is 10.8 Å². The van der Waals surface area contributed by atoms with Crippen LogP contribution in [0.1, 0.15) is 5.56 Å². The fraction of sp³-hybridized carbons (Fsp3) is 0.308. The summed E-state index contributed by atoms with van der Waals surface area (Å²) in [6.07, 6.45) is 1.59. The van der Waals surface area contributed by atoms with Crippen molar-refractivity contribution in [2.24, 2.45) is 0 Å². The van der Waals surface area contributed by atoms with Crippen LogP contribution in [0.25, 0.3) is 5.65 Å². The van der Waals surface area contributed by atoms with E-state index in [4.69, 9.17) is 11.6 Å². The van der Waals surface area contributed by atoms with Crippen LogP contribution < -0.4 is 9.80 Å². The largest absolute Gasteiger partial charge is 0.358 e. The maximum atomic E-state index is 9.20. The highest BCUT2D eigenvalue weighted by Gasteiger charge is 2.23. The summed E-state index contributed by atoms with van der Waals surface area (Å²) >= 11 is 7.22. The Morgan fingerprint density at radius 3 is 2.74 bits per heavy atom. The summed E-state index contributed by atoms with van der Waals surface area (Å²) in [5.74, 6) is 0.889. The number of hydrogen-bond donors (Lipinski definition) is 0. The molecule has 116 valence electrons. The average Bonchev–Trinajstić information content (AvgIpc) is 3.20. The van der Waals surface area contributed by atoms with Crippen LogP contribution in [0.5, 0.6) is 0 Å². The van der Waals surface area contributed by atoms with Crippen LogP contribution >= 0.6 is 23.1 Å². The van der Waals surface area contributed by atoms with Gasteiger partial charge in [-0.2, -0.15) is 14.2 Å². The molecule has 1 aliphatic heterocycles. The van der Waals surface area contributed by atoms with Crippen molar-refractivity contribution in [1.82, 2.24) is 24.2 Å². The van der Waals surface area contributed by atoms with Gasteiger partial charge in [-0.1, -0.05) is 11.6 Å². The lowest BCUT2D eigenvalue weighted by molar-refractivity contribution is 0.644. The molecule has 0 bridgehead atoms. The minimum Gasteiger partial charge on any atom is -0.358 e. The van der Waals surface area contributed by atoms with Crippen LogP contribution in [0.3, 0.4) is 0 Å². The zero-order valence-corrected chi connectivity index (χ0v) is 13.5. The molecule has 8 nitrogen and oxygen atoms in total. The number of piperazine rings is 1. The van der Waals surface area contributed by atoms with Crippen molar-refractivity contribution in [2.75, 3.05) is 36.0 Å². The molecule has 0 unspecified atom stereocenters. The smallest absolute Gasteiger partial charge is 0.177 e. The van der Waals surface area contributed by atoms with Gasteiger partial charge in [0.25, 0.3) is 0 Å². The Bertz CT molecular complexity index is 889. The number of hydrogen-bond acceptors (Lipinski definition) is 8. The Morgan fingerprint density at radius 1 is 1.17 bits per heavy atom. The molecule has 0 amide bonds. The first kappa shape index (κ1) is 14.2. The van der Waals surface area contributed by atoms with Crippen LogP contribution in [0.2, 0.25) is 5.15 Å². The van der Waals surface area contributed by atoms with Gasteiger partial charge < -0.3 is 9.80 Å². The third-order valence-electron chi connectivity index (χ3n) is 3.78. The minimum atomic E-state index is 0.287. The molecule has 0 spiro atoms. The monoisotopic (exact) mass is 346 g/mol. The lowest BCUT2D eigenvalue weighted by Crippen LogP contribution is -2.46. The van der Waals surface area contributed by atoms with Gasteiger partial charge in [0.2, 0.25) is 0 Å². The summed E-state index contributed by atoms with van der Waals surface area (Å²) < 4.78 is 5.73. The van der Waals surface area contributed by atoms with Gasteiger partial charge in [-0.25, -0.2) is 0 Å². The molecule has 3 aromatic rings. The van der Waals surface area contributed by atoms with E-state index in [2.05, 4.69) is 35.5 Å². The van der Waals surface area contributed by atoms with E-state index in [1.807, 2.05) is 12.1 Å². The van der Waals surface area contributed by atoms with Crippen LogP contribution in [-0.2, 0) is 0 Å². The number of halogens is 1. The molecule has 0 N–H and O–H groups in total. The number of aromatic nitrogens is 5. The van der Waals surface area contributed by atoms with E-state index in [9.17, 15) is 5.26 Å². The van der Waals surface area contributed by atoms with Gasteiger partial charge in [0.05, 0.1) is 0 Å². The first-order chi connectivity index (χ1) is 11.3. The molecule has 4 heterocycles. The lowest BCUT2D eigenvalue weighted by atomic mass is 10.3. The van der Waals surface area contributed by atoms with E-state index in [0.29, 0.717) is 5.56 Å². The van der Waals surface area contributed by atoms with Crippen molar-refractivity contribution in [3.05, 3.63) is 29.2 Å². The van der Waals surface area contributed by atoms with Crippen molar-refractivity contribution in [1.29, 1.82) is 5.26 Å². The van der Waals surface area contributed by atoms with Gasteiger partial charge in [-0.05, 0) is 23.7 Å². The van der Waals surface area contributed by atoms with Gasteiger partial charge in [-0.15, -0.1) is 15.3 Å². The molecular weight excluding hydrogens is 336 g/mol. The van der Waals surface area contributed by atoms with Crippen molar-refractivity contribution in [3.63, 3.8) is 0 Å². The van der Waals surface area contributed by atoms with E-state index < -0.39 is 0 Å². The molecule has 0 radical (unpaired) electrons. The molecule has 23 heavy (non-hydrogen) atoms. The molecule has 1 fully saturated rings. The third-order valence-corrected chi connectivity index (χ3v) is 5.07. The first-order valence-electron chi connectivity index (χ1n) is 6.98. The van der Waals surface area contributed by atoms with Gasteiger partial charge in [0.15, 0.2) is 10.8 Å². The summed E-state index contributed by atoms with van der Waals surface area (Å²) in [7, 11) is 0. The summed E-state index contributed by atoms with van der Waals surface area (Å²) in [5, 5.41) is 22.6. The highest BCUT2D eigenvalue weighted by molar-refractivity contribution is 7.10. The fourth-order valence-corrected chi connectivity index (χ4v) is 3.68. The maximum absolute atomic E-state index is 9.20. The molecule has 1 saturated heterocycles.